The first-order valence-electron chi connectivity index (χ1n) is 14.7. The van der Waals surface area contributed by atoms with E-state index in [-0.39, 0.29) is 18.0 Å². The fourth-order valence-electron chi connectivity index (χ4n) is 4.77. The van der Waals surface area contributed by atoms with Crippen molar-refractivity contribution >= 4 is 78.6 Å². The van der Waals surface area contributed by atoms with E-state index >= 15 is 0 Å². The van der Waals surface area contributed by atoms with E-state index in [0.717, 1.165) is 11.1 Å². The highest BCUT2D eigenvalue weighted by molar-refractivity contribution is 9.10. The van der Waals surface area contributed by atoms with Gasteiger partial charge in [0, 0.05) is 10.6 Å². The minimum Gasteiger partial charge on any atom is -0.493 e. The molecule has 0 saturated carbocycles. The molecule has 5 aromatic carbocycles. The molecule has 0 atom stereocenters. The number of nitrogens with zero attached hydrogens (tertiary/aromatic N) is 2. The summed E-state index contributed by atoms with van der Waals surface area (Å²) in [5.41, 5.74) is 6.19. The second kappa shape index (κ2) is 16.1. The van der Waals surface area contributed by atoms with Gasteiger partial charge in [-0.05, 0) is 106 Å². The molecule has 0 saturated heterocycles. The molecule has 1 amide bonds. The van der Waals surface area contributed by atoms with E-state index in [4.69, 9.17) is 44.3 Å². The van der Waals surface area contributed by atoms with Crippen molar-refractivity contribution in [3.63, 3.8) is 0 Å². The molecular weight excluding hydrogens is 773 g/mol. The van der Waals surface area contributed by atoms with Gasteiger partial charge in [0.15, 0.2) is 11.5 Å². The highest BCUT2D eigenvalue weighted by atomic mass is 79.9. The number of hydrogen-bond donors (Lipinski definition) is 1. The first-order chi connectivity index (χ1) is 23.5. The number of ether oxygens (including phenoxy) is 2. The van der Waals surface area contributed by atoms with Gasteiger partial charge in [0.1, 0.15) is 6.61 Å². The number of sulfonamides is 1. The van der Waals surface area contributed by atoms with Crippen LogP contribution in [-0.2, 0) is 23.2 Å². The monoisotopic (exact) mass is 799 g/mol. The summed E-state index contributed by atoms with van der Waals surface area (Å²) < 4.78 is 41.0. The van der Waals surface area contributed by atoms with Crippen LogP contribution in [0.4, 0.5) is 5.69 Å². The minimum atomic E-state index is -3.94. The van der Waals surface area contributed by atoms with Crippen molar-refractivity contribution in [1.82, 2.24) is 5.43 Å². The number of hydrazone groups is 1. The van der Waals surface area contributed by atoms with Crippen LogP contribution < -0.4 is 19.2 Å². The van der Waals surface area contributed by atoms with Crippen LogP contribution >= 0.6 is 50.7 Å². The summed E-state index contributed by atoms with van der Waals surface area (Å²) in [4.78, 5) is 13.1. The van der Waals surface area contributed by atoms with E-state index in [1.807, 2.05) is 13.0 Å². The first kappa shape index (κ1) is 36.2. The number of aryl methyl sites for hydroxylation is 1. The summed E-state index contributed by atoms with van der Waals surface area (Å²) in [6, 6.07) is 28.7. The smallest absolute Gasteiger partial charge is 0.271 e. The van der Waals surface area contributed by atoms with Gasteiger partial charge in [-0.2, -0.15) is 5.10 Å². The number of amides is 1. The molecular formula is C36H29BrCl3N3O5S. The molecule has 252 valence electrons. The number of benzene rings is 5. The van der Waals surface area contributed by atoms with Gasteiger partial charge in [-0.15, -0.1) is 0 Å². The van der Waals surface area contributed by atoms with Crippen molar-refractivity contribution in [1.29, 1.82) is 0 Å². The van der Waals surface area contributed by atoms with E-state index < -0.39 is 15.9 Å². The molecule has 0 heterocycles. The molecule has 1 N–H and O–H groups in total. The summed E-state index contributed by atoms with van der Waals surface area (Å²) in [6.07, 6.45) is 1.47. The zero-order chi connectivity index (χ0) is 35.1. The highest BCUT2D eigenvalue weighted by Gasteiger charge is 2.26. The number of carbonyl (C=O) groups excluding carboxylic acids is 1. The summed E-state index contributed by atoms with van der Waals surface area (Å²) in [7, 11) is -2.42. The topological polar surface area (TPSA) is 97.3 Å². The van der Waals surface area contributed by atoms with Crippen molar-refractivity contribution < 1.29 is 22.7 Å². The van der Waals surface area contributed by atoms with Gasteiger partial charge in [-0.1, -0.05) is 77.3 Å². The number of halogens is 4. The molecule has 0 spiro atoms. The Kier molecular flexibility index (Phi) is 11.9. The summed E-state index contributed by atoms with van der Waals surface area (Å²) in [5.74, 6) is 0.486. The third-order valence-corrected chi connectivity index (χ3v) is 10.6. The number of methoxy groups -OCH3 is 1. The third kappa shape index (κ3) is 8.95. The van der Waals surface area contributed by atoms with E-state index in [1.54, 1.807) is 97.1 Å². The van der Waals surface area contributed by atoms with E-state index in [1.165, 1.54) is 17.6 Å². The van der Waals surface area contributed by atoms with Crippen LogP contribution in [0.3, 0.4) is 0 Å². The summed E-state index contributed by atoms with van der Waals surface area (Å²) in [5, 5.41) is 5.41. The van der Waals surface area contributed by atoms with Gasteiger partial charge < -0.3 is 9.47 Å². The van der Waals surface area contributed by atoms with E-state index in [9.17, 15) is 13.2 Å². The van der Waals surface area contributed by atoms with Crippen LogP contribution in [0.1, 0.15) is 32.6 Å². The lowest BCUT2D eigenvalue weighted by molar-refractivity contribution is 0.0955. The van der Waals surface area contributed by atoms with Crippen LogP contribution in [0.2, 0.25) is 15.1 Å². The van der Waals surface area contributed by atoms with Crippen molar-refractivity contribution in [3.05, 3.63) is 150 Å². The highest BCUT2D eigenvalue weighted by Crippen LogP contribution is 2.37. The fourth-order valence-corrected chi connectivity index (χ4v) is 7.36. The lowest BCUT2D eigenvalue weighted by Crippen LogP contribution is -2.31. The molecule has 0 radical (unpaired) electrons. The van der Waals surface area contributed by atoms with Gasteiger partial charge in [-0.3, -0.25) is 9.10 Å². The molecule has 0 unspecified atom stereocenters. The lowest BCUT2D eigenvalue weighted by Gasteiger charge is -2.26. The minimum absolute atomic E-state index is 0.0162. The number of hydrogen-bond acceptors (Lipinski definition) is 6. The Labute approximate surface area is 308 Å². The standard InChI is InChI=1S/C36H29BrCl3N3O5S/c1-23-8-14-28(38)19-33(23)43(49(45,46)29-6-4-3-5-7-29)21-24-9-12-27(13-10-24)36(44)42-41-20-26-16-30(37)35(34(18-26)47-2)48-22-25-11-15-31(39)32(40)17-25/h3-20H,21-22H2,1-2H3,(H,42,44)/b41-20+. The first-order valence-corrected chi connectivity index (χ1v) is 18.0. The molecule has 0 aromatic heterocycles. The maximum absolute atomic E-state index is 13.8. The van der Waals surface area contributed by atoms with Crippen LogP contribution in [0.25, 0.3) is 0 Å². The Morgan fingerprint density at radius 1 is 0.898 bits per heavy atom. The van der Waals surface area contributed by atoms with Crippen LogP contribution in [0, 0.1) is 6.92 Å². The molecule has 0 bridgehead atoms. The number of nitrogens with one attached hydrogen (secondary N) is 1. The third-order valence-electron chi connectivity index (χ3n) is 7.31. The number of rotatable bonds is 12. The number of anilines is 1. The van der Waals surface area contributed by atoms with Crippen molar-refractivity contribution in [3.8, 4) is 11.5 Å². The Morgan fingerprint density at radius 2 is 1.61 bits per heavy atom. The molecule has 13 heteroatoms. The zero-order valence-electron chi connectivity index (χ0n) is 26.2. The Bertz CT molecular complexity index is 2120. The van der Waals surface area contributed by atoms with Crippen LogP contribution in [-0.4, -0.2) is 27.6 Å². The molecule has 5 rings (SSSR count). The Hall–Kier alpha value is -4.06. The summed E-state index contributed by atoms with van der Waals surface area (Å²) >= 11 is 21.9. The average molecular weight is 802 g/mol. The van der Waals surface area contributed by atoms with Crippen molar-refractivity contribution in [2.75, 3.05) is 11.4 Å². The molecule has 0 aliphatic heterocycles. The molecule has 0 aliphatic rings. The molecule has 5 aromatic rings. The van der Waals surface area contributed by atoms with Crippen molar-refractivity contribution in [2.24, 2.45) is 5.10 Å². The van der Waals surface area contributed by atoms with Crippen LogP contribution in [0.5, 0.6) is 11.5 Å². The normalized spacial score (nSPS) is 11.4. The maximum atomic E-state index is 13.8. The average Bonchev–Trinajstić information content (AvgIpc) is 3.09. The molecule has 0 aliphatic carbocycles. The maximum Gasteiger partial charge on any atom is 0.271 e. The predicted molar refractivity (Wildman–Crippen MR) is 199 cm³/mol. The second-order valence-electron chi connectivity index (χ2n) is 10.7. The molecule has 0 fully saturated rings. The van der Waals surface area contributed by atoms with Gasteiger partial charge in [0.25, 0.3) is 15.9 Å². The zero-order valence-corrected chi connectivity index (χ0v) is 30.8. The summed E-state index contributed by atoms with van der Waals surface area (Å²) in [6.45, 7) is 2.07. The van der Waals surface area contributed by atoms with E-state index in [0.29, 0.717) is 53.4 Å². The number of carbonyl (C=O) groups is 1. The van der Waals surface area contributed by atoms with Crippen LogP contribution in [0.15, 0.2) is 118 Å². The van der Waals surface area contributed by atoms with Gasteiger partial charge in [-0.25, -0.2) is 13.8 Å². The van der Waals surface area contributed by atoms with Crippen molar-refractivity contribution in [2.45, 2.75) is 25.0 Å². The second-order valence-corrected chi connectivity index (χ2v) is 14.7. The predicted octanol–water partition coefficient (Wildman–Crippen LogP) is 9.46. The van der Waals surface area contributed by atoms with E-state index in [2.05, 4.69) is 26.5 Å². The van der Waals surface area contributed by atoms with Gasteiger partial charge >= 0.3 is 0 Å². The molecule has 49 heavy (non-hydrogen) atoms. The SMILES string of the molecule is COc1cc(/C=N/NC(=O)c2ccc(CN(c3cc(Cl)ccc3C)S(=O)(=O)c3ccccc3)cc2)cc(Br)c1OCc1ccc(Cl)c(Cl)c1. The fraction of sp³-hybridized carbons (Fsp3) is 0.111. The Morgan fingerprint density at radius 3 is 2.31 bits per heavy atom. The lowest BCUT2D eigenvalue weighted by atomic mass is 10.1. The van der Waals surface area contributed by atoms with Gasteiger partial charge in [0.2, 0.25) is 0 Å². The van der Waals surface area contributed by atoms with Gasteiger partial charge in [0.05, 0.1) is 45.0 Å². The molecule has 8 nitrogen and oxygen atoms in total. The quantitative estimate of drug-likeness (QED) is 0.100. The largest absolute Gasteiger partial charge is 0.493 e. The Balaban J connectivity index is 1.27.